The summed E-state index contributed by atoms with van der Waals surface area (Å²) in [7, 11) is -2.21. The number of nitrogens with zero attached hydrogens (tertiary/aromatic N) is 2. The fraction of sp³-hybridized carbons (Fsp3) is 0.333. The fourth-order valence-corrected chi connectivity index (χ4v) is 3.92. The van der Waals surface area contributed by atoms with Crippen LogP contribution in [-0.4, -0.2) is 51.0 Å². The van der Waals surface area contributed by atoms with Gasteiger partial charge in [-0.25, -0.2) is 8.42 Å². The molecular formula is C21H27N3O4S. The molecule has 1 atom stereocenters. The van der Waals surface area contributed by atoms with Gasteiger partial charge in [0.15, 0.2) is 0 Å². The Labute approximate surface area is 172 Å². The predicted octanol–water partition coefficient (Wildman–Crippen LogP) is 1.92. The van der Waals surface area contributed by atoms with Crippen molar-refractivity contribution < 1.29 is 18.0 Å². The minimum atomic E-state index is -3.71. The first-order valence-corrected chi connectivity index (χ1v) is 11.1. The van der Waals surface area contributed by atoms with E-state index >= 15 is 0 Å². The molecule has 0 heterocycles. The molecule has 0 unspecified atom stereocenters. The summed E-state index contributed by atoms with van der Waals surface area (Å²) < 4.78 is 26.0. The first-order valence-electron chi connectivity index (χ1n) is 9.23. The number of hydrogen-bond donors (Lipinski definition) is 1. The van der Waals surface area contributed by atoms with Gasteiger partial charge in [0.25, 0.3) is 0 Å². The van der Waals surface area contributed by atoms with E-state index in [2.05, 4.69) is 5.32 Å². The van der Waals surface area contributed by atoms with Crippen LogP contribution < -0.4 is 9.62 Å². The highest BCUT2D eigenvalue weighted by molar-refractivity contribution is 7.92. The van der Waals surface area contributed by atoms with E-state index in [0.717, 1.165) is 21.7 Å². The van der Waals surface area contributed by atoms with Crippen molar-refractivity contribution in [2.75, 3.05) is 24.2 Å². The lowest BCUT2D eigenvalue weighted by molar-refractivity contribution is -0.139. The molecule has 0 aromatic heterocycles. The van der Waals surface area contributed by atoms with Gasteiger partial charge in [-0.15, -0.1) is 0 Å². The van der Waals surface area contributed by atoms with E-state index in [1.54, 1.807) is 38.1 Å². The number of rotatable bonds is 8. The molecule has 8 heteroatoms. The second-order valence-electron chi connectivity index (χ2n) is 6.85. The van der Waals surface area contributed by atoms with Gasteiger partial charge in [-0.2, -0.15) is 0 Å². The highest BCUT2D eigenvalue weighted by atomic mass is 32.2. The van der Waals surface area contributed by atoms with Crippen molar-refractivity contribution in [3.05, 3.63) is 65.7 Å². The number of sulfonamides is 1. The second-order valence-corrected chi connectivity index (χ2v) is 8.76. The summed E-state index contributed by atoms with van der Waals surface area (Å²) in [5.74, 6) is -0.783. The third kappa shape index (κ3) is 5.80. The van der Waals surface area contributed by atoms with Crippen molar-refractivity contribution in [1.82, 2.24) is 10.2 Å². The summed E-state index contributed by atoms with van der Waals surface area (Å²) >= 11 is 0. The van der Waals surface area contributed by atoms with Gasteiger partial charge in [-0.05, 0) is 31.0 Å². The van der Waals surface area contributed by atoms with Crippen molar-refractivity contribution >= 4 is 27.5 Å². The Hall–Kier alpha value is -2.87. The van der Waals surface area contributed by atoms with Crippen molar-refractivity contribution in [2.45, 2.75) is 26.4 Å². The Bertz CT molecular complexity index is 961. The van der Waals surface area contributed by atoms with Crippen molar-refractivity contribution in [3.8, 4) is 0 Å². The number of para-hydroxylation sites is 1. The van der Waals surface area contributed by atoms with E-state index in [9.17, 15) is 18.0 Å². The SMILES string of the molecule is CNC(=O)[C@H](C)N(Cc1ccccc1)C(=O)CN(c1ccccc1C)S(C)(=O)=O. The molecular weight excluding hydrogens is 390 g/mol. The Morgan fingerprint density at radius 1 is 1.03 bits per heavy atom. The zero-order valence-corrected chi connectivity index (χ0v) is 17.9. The smallest absolute Gasteiger partial charge is 0.244 e. The lowest BCUT2D eigenvalue weighted by Crippen LogP contribution is -2.50. The van der Waals surface area contributed by atoms with E-state index in [-0.39, 0.29) is 12.5 Å². The van der Waals surface area contributed by atoms with Crippen LogP contribution in [0.4, 0.5) is 5.69 Å². The largest absolute Gasteiger partial charge is 0.357 e. The molecule has 0 spiro atoms. The van der Waals surface area contributed by atoms with Gasteiger partial charge in [-0.1, -0.05) is 48.5 Å². The van der Waals surface area contributed by atoms with E-state index < -0.39 is 28.5 Å². The van der Waals surface area contributed by atoms with Crippen LogP contribution in [0.5, 0.6) is 0 Å². The van der Waals surface area contributed by atoms with Crippen molar-refractivity contribution in [3.63, 3.8) is 0 Å². The molecule has 29 heavy (non-hydrogen) atoms. The summed E-state index contributed by atoms with van der Waals surface area (Å²) in [5, 5.41) is 2.55. The average molecular weight is 418 g/mol. The fourth-order valence-electron chi connectivity index (χ4n) is 3.01. The van der Waals surface area contributed by atoms with Gasteiger partial charge in [0.1, 0.15) is 12.6 Å². The van der Waals surface area contributed by atoms with Crippen LogP contribution in [0.25, 0.3) is 0 Å². The molecule has 1 N–H and O–H groups in total. The number of carbonyl (C=O) groups is 2. The summed E-state index contributed by atoms with van der Waals surface area (Å²) in [5.41, 5.74) is 2.02. The molecule has 2 aromatic rings. The third-order valence-corrected chi connectivity index (χ3v) is 5.80. The Balaban J connectivity index is 2.37. The number of aryl methyl sites for hydroxylation is 1. The molecule has 0 saturated heterocycles. The number of benzene rings is 2. The third-order valence-electron chi connectivity index (χ3n) is 4.67. The summed E-state index contributed by atoms with van der Waals surface area (Å²) in [4.78, 5) is 26.8. The topological polar surface area (TPSA) is 86.8 Å². The maximum absolute atomic E-state index is 13.2. The number of likely N-dealkylation sites (N-methyl/N-ethyl adjacent to an activating group) is 1. The molecule has 0 saturated carbocycles. The Kier molecular flexibility index (Phi) is 7.39. The van der Waals surface area contributed by atoms with Gasteiger partial charge in [-0.3, -0.25) is 13.9 Å². The zero-order chi connectivity index (χ0) is 21.6. The molecule has 0 aliphatic rings. The molecule has 0 bridgehead atoms. The summed E-state index contributed by atoms with van der Waals surface area (Å²) in [6.45, 7) is 3.21. The van der Waals surface area contributed by atoms with E-state index in [4.69, 9.17) is 0 Å². The van der Waals surface area contributed by atoms with E-state index in [1.165, 1.54) is 11.9 Å². The standard InChI is InChI=1S/C21H27N3O4S/c1-16-10-8-9-13-19(16)24(29(4,27)28)15-20(25)23(17(2)21(26)22-3)14-18-11-6-5-7-12-18/h5-13,17H,14-15H2,1-4H3,(H,22,26)/t17-/m0/s1. The molecule has 156 valence electrons. The zero-order valence-electron chi connectivity index (χ0n) is 17.1. The summed E-state index contributed by atoms with van der Waals surface area (Å²) in [6, 6.07) is 15.5. The van der Waals surface area contributed by atoms with Crippen LogP contribution >= 0.6 is 0 Å². The second kappa shape index (κ2) is 9.56. The molecule has 7 nitrogen and oxygen atoms in total. The van der Waals surface area contributed by atoms with Crippen molar-refractivity contribution in [2.24, 2.45) is 0 Å². The lowest BCUT2D eigenvalue weighted by Gasteiger charge is -2.31. The molecule has 2 amide bonds. The number of hydrogen-bond acceptors (Lipinski definition) is 4. The summed E-state index contributed by atoms with van der Waals surface area (Å²) in [6.07, 6.45) is 1.07. The minimum Gasteiger partial charge on any atom is -0.357 e. The highest BCUT2D eigenvalue weighted by Crippen LogP contribution is 2.22. The van der Waals surface area contributed by atoms with Crippen LogP contribution in [0.3, 0.4) is 0 Å². The molecule has 0 fully saturated rings. The predicted molar refractivity (Wildman–Crippen MR) is 114 cm³/mol. The maximum atomic E-state index is 13.2. The highest BCUT2D eigenvalue weighted by Gasteiger charge is 2.30. The van der Waals surface area contributed by atoms with Crippen LogP contribution in [0.1, 0.15) is 18.1 Å². The molecule has 2 rings (SSSR count). The Morgan fingerprint density at radius 2 is 1.62 bits per heavy atom. The number of amides is 2. The number of nitrogens with one attached hydrogen (secondary N) is 1. The first kappa shape index (κ1) is 22.4. The van der Waals surface area contributed by atoms with Gasteiger partial charge in [0, 0.05) is 13.6 Å². The molecule has 0 radical (unpaired) electrons. The van der Waals surface area contributed by atoms with Crippen LogP contribution in [-0.2, 0) is 26.2 Å². The van der Waals surface area contributed by atoms with Crippen LogP contribution in [0.15, 0.2) is 54.6 Å². The minimum absolute atomic E-state index is 0.194. The number of carbonyl (C=O) groups excluding carboxylic acids is 2. The van der Waals surface area contributed by atoms with Crippen LogP contribution in [0.2, 0.25) is 0 Å². The monoisotopic (exact) mass is 417 g/mol. The molecule has 2 aromatic carbocycles. The number of anilines is 1. The average Bonchev–Trinajstić information content (AvgIpc) is 2.69. The van der Waals surface area contributed by atoms with Gasteiger partial charge in [0.2, 0.25) is 21.8 Å². The van der Waals surface area contributed by atoms with E-state index in [0.29, 0.717) is 5.69 Å². The quantitative estimate of drug-likeness (QED) is 0.711. The first-order chi connectivity index (χ1) is 13.6. The van der Waals surface area contributed by atoms with Crippen LogP contribution in [0, 0.1) is 6.92 Å². The Morgan fingerprint density at radius 3 is 2.17 bits per heavy atom. The molecule has 0 aliphatic heterocycles. The van der Waals surface area contributed by atoms with Gasteiger partial charge < -0.3 is 10.2 Å². The maximum Gasteiger partial charge on any atom is 0.244 e. The normalized spacial score (nSPS) is 12.1. The van der Waals surface area contributed by atoms with Crippen molar-refractivity contribution in [1.29, 1.82) is 0 Å². The van der Waals surface area contributed by atoms with Gasteiger partial charge >= 0.3 is 0 Å². The van der Waals surface area contributed by atoms with Gasteiger partial charge in [0.05, 0.1) is 11.9 Å². The van der Waals surface area contributed by atoms with E-state index in [1.807, 2.05) is 30.3 Å². The lowest BCUT2D eigenvalue weighted by atomic mass is 10.1. The molecule has 0 aliphatic carbocycles.